The monoisotopic (exact) mass is 204 g/mol. The molecule has 2 unspecified atom stereocenters. The summed E-state index contributed by atoms with van der Waals surface area (Å²) in [5.41, 5.74) is 7.04. The summed E-state index contributed by atoms with van der Waals surface area (Å²) in [4.78, 5) is 0.750. The van der Waals surface area contributed by atoms with Crippen molar-refractivity contribution in [3.8, 4) is 0 Å². The van der Waals surface area contributed by atoms with Crippen molar-refractivity contribution in [3.63, 3.8) is 0 Å². The molecule has 0 radical (unpaired) electrons. The van der Waals surface area contributed by atoms with Crippen LogP contribution in [0.5, 0.6) is 0 Å². The molecule has 1 saturated heterocycles. The topological polar surface area (TPSA) is 24.1 Å². The van der Waals surface area contributed by atoms with E-state index in [9.17, 15) is 0 Å². The molecule has 2 N–H and O–H groups in total. The average molecular weight is 205 g/mol. The van der Waals surface area contributed by atoms with Crippen molar-refractivity contribution in [1.29, 1.82) is 0 Å². The molecule has 1 spiro atoms. The van der Waals surface area contributed by atoms with Crippen LogP contribution in [-0.2, 0) is 0 Å². The quantitative estimate of drug-likeness (QED) is 0.580. The Morgan fingerprint density at radius 3 is 2.80 bits per heavy atom. The van der Waals surface area contributed by atoms with E-state index >= 15 is 0 Å². The number of alkyl halides is 1. The Bertz CT molecular complexity index is 132. The number of rotatable bonds is 0. The molecule has 2 fully saturated rings. The van der Waals surface area contributed by atoms with Crippen molar-refractivity contribution in [3.05, 3.63) is 0 Å². The maximum atomic E-state index is 3.66. The Morgan fingerprint density at radius 2 is 2.30 bits per heavy atom. The molecular formula is C7H13BrN2. The minimum atomic E-state index is 0.453. The van der Waals surface area contributed by atoms with Crippen molar-refractivity contribution in [2.24, 2.45) is 0 Å². The van der Waals surface area contributed by atoms with Crippen molar-refractivity contribution < 1.29 is 0 Å². The highest BCUT2D eigenvalue weighted by Crippen LogP contribution is 2.37. The fourth-order valence-electron chi connectivity index (χ4n) is 2.02. The van der Waals surface area contributed by atoms with Gasteiger partial charge in [-0.15, -0.1) is 0 Å². The molecule has 0 aromatic heterocycles. The summed E-state index contributed by atoms with van der Waals surface area (Å²) in [6.07, 6.45) is 5.25. The lowest BCUT2D eigenvalue weighted by molar-refractivity contribution is 0.368. The van der Waals surface area contributed by atoms with Gasteiger partial charge in [-0.05, 0) is 25.7 Å². The Morgan fingerprint density at radius 1 is 1.40 bits per heavy atom. The molecule has 0 bridgehead atoms. The summed E-state index contributed by atoms with van der Waals surface area (Å²) < 4.78 is 0. The lowest BCUT2D eigenvalue weighted by atomic mass is 9.96. The van der Waals surface area contributed by atoms with E-state index in [0.717, 1.165) is 11.4 Å². The normalized spacial score (nSPS) is 47.1. The van der Waals surface area contributed by atoms with Crippen molar-refractivity contribution in [1.82, 2.24) is 10.9 Å². The highest BCUT2D eigenvalue weighted by Gasteiger charge is 2.39. The first-order valence-corrected chi connectivity index (χ1v) is 4.86. The van der Waals surface area contributed by atoms with Gasteiger partial charge in [0.05, 0.1) is 0 Å². The van der Waals surface area contributed by atoms with E-state index in [-0.39, 0.29) is 0 Å². The third-order valence-corrected chi connectivity index (χ3v) is 3.41. The van der Waals surface area contributed by atoms with Gasteiger partial charge < -0.3 is 0 Å². The summed E-state index contributed by atoms with van der Waals surface area (Å²) in [5, 5.41) is 0. The van der Waals surface area contributed by atoms with Crippen LogP contribution in [0.2, 0.25) is 0 Å². The van der Waals surface area contributed by atoms with Crippen LogP contribution >= 0.6 is 15.9 Å². The Hall–Kier alpha value is 0.400. The largest absolute Gasteiger partial charge is 0.257 e. The molecule has 1 aliphatic carbocycles. The predicted molar refractivity (Wildman–Crippen MR) is 45.1 cm³/mol. The van der Waals surface area contributed by atoms with Gasteiger partial charge in [0, 0.05) is 16.9 Å². The highest BCUT2D eigenvalue weighted by atomic mass is 79.9. The van der Waals surface area contributed by atoms with Gasteiger partial charge in [-0.2, -0.15) is 0 Å². The lowest BCUT2D eigenvalue weighted by Crippen LogP contribution is -2.41. The molecule has 2 atom stereocenters. The molecular weight excluding hydrogens is 192 g/mol. The molecule has 58 valence electrons. The first kappa shape index (κ1) is 7.07. The maximum Gasteiger partial charge on any atom is 0.0347 e. The van der Waals surface area contributed by atoms with Crippen molar-refractivity contribution in [2.75, 3.05) is 6.54 Å². The number of nitrogens with one attached hydrogen (secondary N) is 2. The van der Waals surface area contributed by atoms with Crippen LogP contribution < -0.4 is 10.9 Å². The van der Waals surface area contributed by atoms with Crippen LogP contribution in [0.15, 0.2) is 0 Å². The number of hydrazine groups is 1. The second-order valence-electron chi connectivity index (χ2n) is 3.42. The molecule has 2 aliphatic rings. The number of hydrogen-bond donors (Lipinski definition) is 2. The maximum absolute atomic E-state index is 3.66. The zero-order valence-electron chi connectivity index (χ0n) is 5.99. The predicted octanol–water partition coefficient (Wildman–Crippen LogP) is 1.17. The van der Waals surface area contributed by atoms with Crippen LogP contribution in [0.3, 0.4) is 0 Å². The van der Waals surface area contributed by atoms with E-state index in [1.54, 1.807) is 0 Å². The molecule has 0 aromatic rings. The Kier molecular flexibility index (Phi) is 1.74. The zero-order chi connectivity index (χ0) is 7.03. The molecule has 1 heterocycles. The fraction of sp³-hybridized carbons (Fsp3) is 1.00. The standard InChI is InChI=1S/C7H13BrN2/c8-6-1-2-7(5-6)3-4-9-10-7/h6,9-10H,1-5H2. The van der Waals surface area contributed by atoms with Crippen LogP contribution in [0.25, 0.3) is 0 Å². The minimum absolute atomic E-state index is 0.453. The van der Waals surface area contributed by atoms with E-state index in [1.807, 2.05) is 0 Å². The Balaban J connectivity index is 2.03. The summed E-state index contributed by atoms with van der Waals surface area (Å²) in [6.45, 7) is 1.14. The van der Waals surface area contributed by atoms with Gasteiger partial charge in [-0.1, -0.05) is 15.9 Å². The number of hydrogen-bond acceptors (Lipinski definition) is 2. The zero-order valence-corrected chi connectivity index (χ0v) is 7.58. The van der Waals surface area contributed by atoms with E-state index in [2.05, 4.69) is 26.8 Å². The van der Waals surface area contributed by atoms with E-state index in [0.29, 0.717) is 5.54 Å². The summed E-state index contributed by atoms with van der Waals surface area (Å²) in [5.74, 6) is 0. The van der Waals surface area contributed by atoms with Crippen LogP contribution in [0.4, 0.5) is 0 Å². The molecule has 2 nitrogen and oxygen atoms in total. The van der Waals surface area contributed by atoms with Crippen LogP contribution in [-0.4, -0.2) is 16.9 Å². The molecule has 2 rings (SSSR count). The summed E-state index contributed by atoms with van der Waals surface area (Å²) in [6, 6.07) is 0. The molecule has 0 amide bonds. The van der Waals surface area contributed by atoms with Crippen LogP contribution in [0, 0.1) is 0 Å². The summed E-state index contributed by atoms with van der Waals surface area (Å²) >= 11 is 3.66. The Labute approximate surface area is 69.9 Å². The van der Waals surface area contributed by atoms with Gasteiger partial charge in [0.15, 0.2) is 0 Å². The van der Waals surface area contributed by atoms with E-state index < -0.39 is 0 Å². The molecule has 3 heteroatoms. The van der Waals surface area contributed by atoms with Gasteiger partial charge in [-0.3, -0.25) is 10.9 Å². The summed E-state index contributed by atoms with van der Waals surface area (Å²) in [7, 11) is 0. The molecule has 1 aliphatic heterocycles. The van der Waals surface area contributed by atoms with Gasteiger partial charge in [0.1, 0.15) is 0 Å². The van der Waals surface area contributed by atoms with E-state index in [4.69, 9.17) is 0 Å². The second-order valence-corrected chi connectivity index (χ2v) is 4.72. The van der Waals surface area contributed by atoms with Crippen molar-refractivity contribution >= 4 is 15.9 Å². The molecule has 0 aromatic carbocycles. The van der Waals surface area contributed by atoms with Gasteiger partial charge in [0.2, 0.25) is 0 Å². The lowest BCUT2D eigenvalue weighted by Gasteiger charge is -2.21. The fourth-order valence-corrected chi connectivity index (χ4v) is 2.86. The highest BCUT2D eigenvalue weighted by molar-refractivity contribution is 9.09. The molecule has 10 heavy (non-hydrogen) atoms. The number of halogens is 1. The van der Waals surface area contributed by atoms with Gasteiger partial charge in [0.25, 0.3) is 0 Å². The first-order valence-electron chi connectivity index (χ1n) is 3.95. The smallest absolute Gasteiger partial charge is 0.0347 e. The van der Waals surface area contributed by atoms with Crippen LogP contribution in [0.1, 0.15) is 25.7 Å². The first-order chi connectivity index (χ1) is 4.81. The third kappa shape index (κ3) is 1.11. The van der Waals surface area contributed by atoms with Gasteiger partial charge >= 0.3 is 0 Å². The third-order valence-electron chi connectivity index (χ3n) is 2.63. The molecule has 1 saturated carbocycles. The second kappa shape index (κ2) is 2.47. The van der Waals surface area contributed by atoms with Gasteiger partial charge in [-0.25, -0.2) is 0 Å². The average Bonchev–Trinajstić information content (AvgIpc) is 2.46. The minimum Gasteiger partial charge on any atom is -0.257 e. The van der Waals surface area contributed by atoms with E-state index in [1.165, 1.54) is 25.7 Å². The SMILES string of the molecule is BrC1CCC2(CCNN2)C1. The van der Waals surface area contributed by atoms with Crippen molar-refractivity contribution in [2.45, 2.75) is 36.0 Å².